The maximum atomic E-state index is 11.9. The fourth-order valence-corrected chi connectivity index (χ4v) is 0.743. The summed E-state index contributed by atoms with van der Waals surface area (Å²) in [6, 6.07) is 5.05. The van der Waals surface area contributed by atoms with Gasteiger partial charge in [0.15, 0.2) is 0 Å². The van der Waals surface area contributed by atoms with E-state index >= 15 is 0 Å². The molecule has 1 aromatic rings. The largest absolute Gasteiger partial charge is 0.416 e. The average molecular weight is 218 g/mol. The third-order valence-electron chi connectivity index (χ3n) is 1.38. The lowest BCUT2D eigenvalue weighted by molar-refractivity contribution is -0.137. The van der Waals surface area contributed by atoms with Crippen molar-refractivity contribution in [1.29, 1.82) is 0 Å². The normalized spacial score (nSPS) is 10.9. The van der Waals surface area contributed by atoms with Gasteiger partial charge in [-0.25, -0.2) is 0 Å². The fourth-order valence-electron chi connectivity index (χ4n) is 0.743. The van der Waals surface area contributed by atoms with Crippen LogP contribution < -0.4 is 0 Å². The molecule has 1 rings (SSSR count). The summed E-state index contributed by atoms with van der Waals surface area (Å²) in [6.07, 6.45) is -4.21. The SMILES string of the molecule is CC(C)C.Cc1ccc(C(F)(F)F)cc1. The highest BCUT2D eigenvalue weighted by Crippen LogP contribution is 2.28. The van der Waals surface area contributed by atoms with Gasteiger partial charge in [0.25, 0.3) is 0 Å². The average Bonchev–Trinajstić information content (AvgIpc) is 2.01. The maximum Gasteiger partial charge on any atom is 0.416 e. The summed E-state index contributed by atoms with van der Waals surface area (Å²) in [5.74, 6) is 0.833. The number of halogens is 3. The van der Waals surface area contributed by atoms with Gasteiger partial charge in [0.2, 0.25) is 0 Å². The van der Waals surface area contributed by atoms with Crippen LogP contribution in [0.3, 0.4) is 0 Å². The van der Waals surface area contributed by atoms with Crippen molar-refractivity contribution in [2.45, 2.75) is 33.9 Å². The molecular weight excluding hydrogens is 201 g/mol. The summed E-state index contributed by atoms with van der Waals surface area (Å²) in [4.78, 5) is 0. The molecule has 0 amide bonds. The van der Waals surface area contributed by atoms with E-state index in [1.165, 1.54) is 12.1 Å². The van der Waals surface area contributed by atoms with Crippen LogP contribution in [0.4, 0.5) is 13.2 Å². The predicted molar refractivity (Wildman–Crippen MR) is 56.7 cm³/mol. The Labute approximate surface area is 89.1 Å². The van der Waals surface area contributed by atoms with E-state index in [0.717, 1.165) is 23.6 Å². The first kappa shape index (κ1) is 14.0. The van der Waals surface area contributed by atoms with Gasteiger partial charge in [-0.05, 0) is 25.0 Å². The fraction of sp³-hybridized carbons (Fsp3) is 0.500. The Balaban J connectivity index is 0.000000423. The van der Waals surface area contributed by atoms with Crippen molar-refractivity contribution in [2.24, 2.45) is 5.92 Å². The topological polar surface area (TPSA) is 0 Å². The van der Waals surface area contributed by atoms with Crippen molar-refractivity contribution in [3.05, 3.63) is 35.4 Å². The van der Waals surface area contributed by atoms with Gasteiger partial charge >= 0.3 is 6.18 Å². The predicted octanol–water partition coefficient (Wildman–Crippen LogP) is 4.68. The summed E-state index contributed by atoms with van der Waals surface area (Å²) in [5.41, 5.74) is 0.237. The second-order valence-electron chi connectivity index (χ2n) is 4.10. The van der Waals surface area contributed by atoms with Crippen LogP contribution in [0.15, 0.2) is 24.3 Å². The van der Waals surface area contributed by atoms with Crippen molar-refractivity contribution in [3.63, 3.8) is 0 Å². The molecule has 0 heterocycles. The first-order chi connectivity index (χ1) is 6.73. The lowest BCUT2D eigenvalue weighted by Crippen LogP contribution is -2.03. The van der Waals surface area contributed by atoms with Crippen molar-refractivity contribution >= 4 is 0 Å². The summed E-state index contributed by atoms with van der Waals surface area (Å²) >= 11 is 0. The second-order valence-corrected chi connectivity index (χ2v) is 4.10. The van der Waals surface area contributed by atoms with Crippen LogP contribution in [0.2, 0.25) is 0 Å². The van der Waals surface area contributed by atoms with Gasteiger partial charge in [-0.15, -0.1) is 0 Å². The molecule has 0 bridgehead atoms. The van der Waals surface area contributed by atoms with E-state index in [4.69, 9.17) is 0 Å². The number of benzene rings is 1. The van der Waals surface area contributed by atoms with Crippen LogP contribution in [0.1, 0.15) is 31.9 Å². The highest BCUT2D eigenvalue weighted by Gasteiger charge is 2.29. The van der Waals surface area contributed by atoms with Crippen LogP contribution >= 0.6 is 0 Å². The Morgan fingerprint density at radius 3 is 1.53 bits per heavy atom. The van der Waals surface area contributed by atoms with E-state index in [1.54, 1.807) is 6.92 Å². The number of rotatable bonds is 0. The number of hydrogen-bond acceptors (Lipinski definition) is 0. The maximum absolute atomic E-state index is 11.9. The van der Waals surface area contributed by atoms with Crippen LogP contribution in [-0.4, -0.2) is 0 Å². The van der Waals surface area contributed by atoms with Crippen LogP contribution in [0.5, 0.6) is 0 Å². The minimum absolute atomic E-state index is 0.594. The molecule has 0 aromatic heterocycles. The highest BCUT2D eigenvalue weighted by molar-refractivity contribution is 5.23. The third kappa shape index (κ3) is 7.00. The monoisotopic (exact) mass is 218 g/mol. The molecule has 0 N–H and O–H groups in total. The van der Waals surface area contributed by atoms with E-state index < -0.39 is 11.7 Å². The van der Waals surface area contributed by atoms with Crippen molar-refractivity contribution in [3.8, 4) is 0 Å². The van der Waals surface area contributed by atoms with Crippen molar-refractivity contribution < 1.29 is 13.2 Å². The Morgan fingerprint density at radius 1 is 0.933 bits per heavy atom. The number of alkyl halides is 3. The van der Waals surface area contributed by atoms with E-state index in [0.29, 0.717) is 0 Å². The number of hydrogen-bond donors (Lipinski definition) is 0. The zero-order chi connectivity index (χ0) is 12.1. The van der Waals surface area contributed by atoms with Gasteiger partial charge in [0, 0.05) is 0 Å². The summed E-state index contributed by atoms with van der Waals surface area (Å²) in [7, 11) is 0. The molecule has 0 spiro atoms. The molecule has 86 valence electrons. The molecule has 0 atom stereocenters. The third-order valence-corrected chi connectivity index (χ3v) is 1.38. The van der Waals surface area contributed by atoms with Crippen molar-refractivity contribution in [2.75, 3.05) is 0 Å². The van der Waals surface area contributed by atoms with Crippen LogP contribution in [-0.2, 0) is 6.18 Å². The minimum Gasteiger partial charge on any atom is -0.166 e. The van der Waals surface area contributed by atoms with Crippen LogP contribution in [0, 0.1) is 12.8 Å². The van der Waals surface area contributed by atoms with E-state index in [1.807, 2.05) is 0 Å². The van der Waals surface area contributed by atoms with Gasteiger partial charge in [-0.1, -0.05) is 38.5 Å². The Hall–Kier alpha value is -0.990. The summed E-state index contributed by atoms with van der Waals surface area (Å²) < 4.78 is 35.8. The smallest absolute Gasteiger partial charge is 0.166 e. The zero-order valence-electron chi connectivity index (χ0n) is 9.52. The Morgan fingerprint density at radius 2 is 1.27 bits per heavy atom. The molecule has 15 heavy (non-hydrogen) atoms. The van der Waals surface area contributed by atoms with E-state index in [-0.39, 0.29) is 0 Å². The second kappa shape index (κ2) is 5.79. The number of aryl methyl sites for hydroxylation is 1. The van der Waals surface area contributed by atoms with Crippen LogP contribution in [0.25, 0.3) is 0 Å². The van der Waals surface area contributed by atoms with Gasteiger partial charge in [0.1, 0.15) is 0 Å². The first-order valence-electron chi connectivity index (χ1n) is 4.87. The molecule has 0 saturated carbocycles. The molecule has 0 nitrogen and oxygen atoms in total. The molecule has 0 unspecified atom stereocenters. The summed E-state index contributed by atoms with van der Waals surface area (Å²) in [5, 5.41) is 0. The van der Waals surface area contributed by atoms with E-state index in [2.05, 4.69) is 20.8 Å². The molecule has 0 aliphatic heterocycles. The van der Waals surface area contributed by atoms with E-state index in [9.17, 15) is 13.2 Å². The molecular formula is C12H17F3. The van der Waals surface area contributed by atoms with Gasteiger partial charge in [-0.2, -0.15) is 13.2 Å². The molecule has 0 fully saturated rings. The quantitative estimate of drug-likeness (QED) is 0.593. The molecule has 0 radical (unpaired) electrons. The first-order valence-corrected chi connectivity index (χ1v) is 4.87. The zero-order valence-corrected chi connectivity index (χ0v) is 9.52. The van der Waals surface area contributed by atoms with Gasteiger partial charge in [-0.3, -0.25) is 0 Å². The lowest BCUT2D eigenvalue weighted by atomic mass is 10.1. The highest BCUT2D eigenvalue weighted by atomic mass is 19.4. The lowest BCUT2D eigenvalue weighted by Gasteiger charge is -2.05. The standard InChI is InChI=1S/C8H7F3.C4H10/c1-6-2-4-7(5-3-6)8(9,10)11;1-4(2)3/h2-5H,1H3;4H,1-3H3. The van der Waals surface area contributed by atoms with Gasteiger partial charge in [0.05, 0.1) is 5.56 Å². The molecule has 0 aliphatic rings. The molecule has 0 aliphatic carbocycles. The van der Waals surface area contributed by atoms with Crippen molar-refractivity contribution in [1.82, 2.24) is 0 Å². The Kier molecular flexibility index (Phi) is 5.40. The minimum atomic E-state index is -4.21. The molecule has 0 saturated heterocycles. The molecule has 1 aromatic carbocycles. The molecule has 3 heteroatoms. The summed E-state index contributed by atoms with van der Waals surface area (Å²) in [6.45, 7) is 8.25. The Bertz CT molecular complexity index is 267. The van der Waals surface area contributed by atoms with Gasteiger partial charge < -0.3 is 0 Å².